The Morgan fingerprint density at radius 1 is 0.838 bits per heavy atom. The molecule has 5 rings (SSSR count). The van der Waals surface area contributed by atoms with Gasteiger partial charge in [-0.1, -0.05) is 54.6 Å². The van der Waals surface area contributed by atoms with E-state index in [0.29, 0.717) is 29.7 Å². The average Bonchev–Trinajstić information content (AvgIpc) is 3.39. The van der Waals surface area contributed by atoms with E-state index in [1.807, 2.05) is 122 Å². The minimum atomic E-state index is -0.363. The molecule has 0 saturated heterocycles. The summed E-state index contributed by atoms with van der Waals surface area (Å²) < 4.78 is 12.1. The number of carbonyl (C=O) groups excluding carboxylic acids is 1. The summed E-state index contributed by atoms with van der Waals surface area (Å²) in [5.74, 6) is 1.10. The lowest BCUT2D eigenvalue weighted by Gasteiger charge is -2.12. The van der Waals surface area contributed by atoms with E-state index in [1.54, 1.807) is 6.07 Å². The van der Waals surface area contributed by atoms with Crippen molar-refractivity contribution < 1.29 is 13.9 Å². The summed E-state index contributed by atoms with van der Waals surface area (Å²) >= 11 is 0. The number of oxazole rings is 1. The van der Waals surface area contributed by atoms with Gasteiger partial charge in [-0.15, -0.1) is 0 Å². The second-order valence-electron chi connectivity index (χ2n) is 8.76. The van der Waals surface area contributed by atoms with Crippen LogP contribution >= 0.6 is 0 Å². The second-order valence-corrected chi connectivity index (χ2v) is 8.76. The Labute approximate surface area is 216 Å². The Hall–Kier alpha value is -4.84. The first kappa shape index (κ1) is 23.9. The SMILES string of the molecule is CN(C)c1ccc(-c2oc(-c3ccccc3)nc2C(=O)Nc2cccc(OCc3ccccc3)c2)cc1. The van der Waals surface area contributed by atoms with Gasteiger partial charge in [-0.05, 0) is 54.1 Å². The van der Waals surface area contributed by atoms with Gasteiger partial charge in [-0.25, -0.2) is 4.98 Å². The molecule has 184 valence electrons. The summed E-state index contributed by atoms with van der Waals surface area (Å²) in [6.07, 6.45) is 0. The van der Waals surface area contributed by atoms with Crippen LogP contribution in [0.1, 0.15) is 16.1 Å². The monoisotopic (exact) mass is 489 g/mol. The quantitative estimate of drug-likeness (QED) is 0.257. The van der Waals surface area contributed by atoms with Crippen molar-refractivity contribution in [2.45, 2.75) is 6.61 Å². The number of anilines is 2. The zero-order valence-corrected chi connectivity index (χ0v) is 20.7. The third kappa shape index (κ3) is 5.70. The fourth-order valence-electron chi connectivity index (χ4n) is 3.88. The van der Waals surface area contributed by atoms with Crippen molar-refractivity contribution >= 4 is 17.3 Å². The summed E-state index contributed by atoms with van der Waals surface area (Å²) in [5.41, 5.74) is 4.50. The van der Waals surface area contributed by atoms with Crippen LogP contribution in [0.15, 0.2) is 114 Å². The van der Waals surface area contributed by atoms with Gasteiger partial charge >= 0.3 is 0 Å². The van der Waals surface area contributed by atoms with E-state index in [9.17, 15) is 4.79 Å². The average molecular weight is 490 g/mol. The van der Waals surface area contributed by atoms with Crippen molar-refractivity contribution in [2.75, 3.05) is 24.3 Å². The molecule has 1 amide bonds. The molecule has 1 N–H and O–H groups in total. The van der Waals surface area contributed by atoms with Gasteiger partial charge < -0.3 is 19.4 Å². The number of carbonyl (C=O) groups is 1. The topological polar surface area (TPSA) is 67.6 Å². The van der Waals surface area contributed by atoms with E-state index in [2.05, 4.69) is 10.3 Å². The highest BCUT2D eigenvalue weighted by Gasteiger charge is 2.23. The molecule has 0 unspecified atom stereocenters. The van der Waals surface area contributed by atoms with Gasteiger partial charge in [0.2, 0.25) is 5.89 Å². The van der Waals surface area contributed by atoms with E-state index in [-0.39, 0.29) is 11.6 Å². The number of rotatable bonds is 8. The van der Waals surface area contributed by atoms with E-state index in [1.165, 1.54) is 0 Å². The molecule has 0 aliphatic rings. The highest BCUT2D eigenvalue weighted by Crippen LogP contribution is 2.32. The highest BCUT2D eigenvalue weighted by atomic mass is 16.5. The molecule has 0 atom stereocenters. The number of nitrogens with zero attached hydrogens (tertiary/aromatic N) is 2. The Kier molecular flexibility index (Phi) is 6.99. The molecular weight excluding hydrogens is 462 g/mol. The third-order valence-corrected chi connectivity index (χ3v) is 5.85. The molecule has 1 heterocycles. The molecule has 5 aromatic rings. The number of benzene rings is 4. The number of hydrogen-bond donors (Lipinski definition) is 1. The Bertz CT molecular complexity index is 1480. The summed E-state index contributed by atoms with van der Waals surface area (Å²) in [4.78, 5) is 20.0. The minimum Gasteiger partial charge on any atom is -0.489 e. The largest absolute Gasteiger partial charge is 0.489 e. The fourth-order valence-corrected chi connectivity index (χ4v) is 3.88. The van der Waals surface area contributed by atoms with Crippen LogP contribution < -0.4 is 15.0 Å². The van der Waals surface area contributed by atoms with Crippen LogP contribution in [0.2, 0.25) is 0 Å². The summed E-state index contributed by atoms with van der Waals surface area (Å²) in [6.45, 7) is 0.440. The van der Waals surface area contributed by atoms with Crippen molar-refractivity contribution in [2.24, 2.45) is 0 Å². The molecular formula is C31H27N3O3. The molecule has 0 bridgehead atoms. The molecule has 0 saturated carbocycles. The maximum absolute atomic E-state index is 13.4. The van der Waals surface area contributed by atoms with Gasteiger partial charge in [0.05, 0.1) is 0 Å². The highest BCUT2D eigenvalue weighted by molar-refractivity contribution is 6.07. The lowest BCUT2D eigenvalue weighted by atomic mass is 10.1. The van der Waals surface area contributed by atoms with Crippen LogP contribution in [0.25, 0.3) is 22.8 Å². The number of amides is 1. The van der Waals surface area contributed by atoms with Gasteiger partial charge in [0.25, 0.3) is 5.91 Å². The normalized spacial score (nSPS) is 10.6. The van der Waals surface area contributed by atoms with E-state index >= 15 is 0 Å². The van der Waals surface area contributed by atoms with Crippen molar-refractivity contribution in [1.82, 2.24) is 4.98 Å². The standard InChI is InChI=1S/C31H27N3O3/c1-34(2)26-18-16-23(17-19-26)29-28(33-31(37-29)24-12-7-4-8-13-24)30(35)32-25-14-9-15-27(20-25)36-21-22-10-5-3-6-11-22/h3-20H,21H2,1-2H3,(H,32,35). The molecule has 6 heteroatoms. The maximum Gasteiger partial charge on any atom is 0.278 e. The lowest BCUT2D eigenvalue weighted by molar-refractivity contribution is 0.102. The maximum atomic E-state index is 13.4. The first-order valence-electron chi connectivity index (χ1n) is 12.0. The van der Waals surface area contributed by atoms with Crippen molar-refractivity contribution in [3.63, 3.8) is 0 Å². The lowest BCUT2D eigenvalue weighted by Crippen LogP contribution is -2.13. The molecule has 0 aliphatic heterocycles. The van der Waals surface area contributed by atoms with Crippen LogP contribution in [-0.4, -0.2) is 25.0 Å². The van der Waals surface area contributed by atoms with Crippen molar-refractivity contribution in [3.8, 4) is 28.5 Å². The molecule has 4 aromatic carbocycles. The summed E-state index contributed by atoms with van der Waals surface area (Å²) in [7, 11) is 3.96. The second kappa shape index (κ2) is 10.8. The zero-order valence-electron chi connectivity index (χ0n) is 20.7. The number of hydrogen-bond acceptors (Lipinski definition) is 5. The number of aromatic nitrogens is 1. The smallest absolute Gasteiger partial charge is 0.278 e. The molecule has 0 fully saturated rings. The first-order chi connectivity index (χ1) is 18.1. The molecule has 6 nitrogen and oxygen atoms in total. The van der Waals surface area contributed by atoms with Crippen LogP contribution in [-0.2, 0) is 6.61 Å². The number of ether oxygens (including phenoxy) is 1. The van der Waals surface area contributed by atoms with Crippen LogP contribution in [0.4, 0.5) is 11.4 Å². The molecule has 1 aromatic heterocycles. The van der Waals surface area contributed by atoms with Crippen LogP contribution in [0.5, 0.6) is 5.75 Å². The Balaban J connectivity index is 1.41. The van der Waals surface area contributed by atoms with Crippen LogP contribution in [0, 0.1) is 0 Å². The van der Waals surface area contributed by atoms with Gasteiger partial charge in [-0.2, -0.15) is 0 Å². The van der Waals surface area contributed by atoms with E-state index < -0.39 is 0 Å². The van der Waals surface area contributed by atoms with E-state index in [4.69, 9.17) is 9.15 Å². The predicted molar refractivity (Wildman–Crippen MR) is 147 cm³/mol. The van der Waals surface area contributed by atoms with E-state index in [0.717, 1.165) is 22.4 Å². The molecule has 0 aliphatic carbocycles. The zero-order chi connectivity index (χ0) is 25.6. The van der Waals surface area contributed by atoms with Crippen molar-refractivity contribution in [1.29, 1.82) is 0 Å². The predicted octanol–water partition coefficient (Wildman–Crippen LogP) is 6.91. The molecule has 0 spiro atoms. The third-order valence-electron chi connectivity index (χ3n) is 5.85. The van der Waals surface area contributed by atoms with Gasteiger partial charge in [0.15, 0.2) is 11.5 Å². The van der Waals surface area contributed by atoms with Gasteiger partial charge in [0, 0.05) is 42.7 Å². The molecule has 0 radical (unpaired) electrons. The van der Waals surface area contributed by atoms with Gasteiger partial charge in [-0.3, -0.25) is 4.79 Å². The fraction of sp³-hybridized carbons (Fsp3) is 0.0968. The Morgan fingerprint density at radius 2 is 1.54 bits per heavy atom. The summed E-state index contributed by atoms with van der Waals surface area (Å²) in [5, 5.41) is 2.95. The first-order valence-corrected chi connectivity index (χ1v) is 12.0. The van der Waals surface area contributed by atoms with Crippen molar-refractivity contribution in [3.05, 3.63) is 120 Å². The minimum absolute atomic E-state index is 0.215. The molecule has 37 heavy (non-hydrogen) atoms. The summed E-state index contributed by atoms with van der Waals surface area (Å²) in [6, 6.07) is 34.6. The van der Waals surface area contributed by atoms with Gasteiger partial charge in [0.1, 0.15) is 12.4 Å². The number of nitrogens with one attached hydrogen (secondary N) is 1. The Morgan fingerprint density at radius 3 is 2.24 bits per heavy atom. The van der Waals surface area contributed by atoms with Crippen LogP contribution in [0.3, 0.4) is 0 Å².